The van der Waals surface area contributed by atoms with E-state index in [0.717, 1.165) is 43.2 Å². The number of anilines is 1. The zero-order valence-electron chi connectivity index (χ0n) is 22.0. The van der Waals surface area contributed by atoms with E-state index in [0.29, 0.717) is 36.2 Å². The minimum absolute atomic E-state index is 0.0975. The summed E-state index contributed by atoms with van der Waals surface area (Å²) in [6, 6.07) is 16.4. The molecule has 2 aromatic carbocycles. The Balaban J connectivity index is 1.49. The lowest BCUT2D eigenvalue weighted by Crippen LogP contribution is -2.55. The van der Waals surface area contributed by atoms with E-state index in [9.17, 15) is 14.4 Å². The average molecular weight is 533 g/mol. The van der Waals surface area contributed by atoms with E-state index < -0.39 is 11.9 Å². The molecular weight excluding hydrogens is 498 g/mol. The van der Waals surface area contributed by atoms with Gasteiger partial charge in [0.1, 0.15) is 11.4 Å². The van der Waals surface area contributed by atoms with Gasteiger partial charge >= 0.3 is 11.9 Å². The highest BCUT2D eigenvalue weighted by Crippen LogP contribution is 2.47. The molecule has 4 amide bonds. The van der Waals surface area contributed by atoms with E-state index in [1.165, 1.54) is 9.81 Å². The molecule has 198 valence electrons. The summed E-state index contributed by atoms with van der Waals surface area (Å²) in [5.74, 6) is -0.194. The fourth-order valence-corrected chi connectivity index (χ4v) is 6.86. The van der Waals surface area contributed by atoms with Crippen LogP contribution in [0.4, 0.5) is 10.5 Å². The fourth-order valence-electron chi connectivity index (χ4n) is 5.39. The number of carbonyl (C=O) groups is 3. The molecule has 0 N–H and O–H groups in total. The molecule has 0 fully saturated rings. The van der Waals surface area contributed by atoms with Crippen LogP contribution in [0.2, 0.25) is 0 Å². The topological polar surface area (TPSA) is 69.9 Å². The van der Waals surface area contributed by atoms with Crippen LogP contribution in [-0.4, -0.2) is 52.1 Å². The van der Waals surface area contributed by atoms with Gasteiger partial charge in [0.25, 0.3) is 5.91 Å². The highest BCUT2D eigenvalue weighted by atomic mass is 32.2. The van der Waals surface area contributed by atoms with Crippen molar-refractivity contribution in [2.24, 2.45) is 5.92 Å². The Labute approximate surface area is 228 Å². The van der Waals surface area contributed by atoms with Gasteiger partial charge in [0, 0.05) is 13.1 Å². The Bertz CT molecular complexity index is 1290. The number of urea groups is 1. The van der Waals surface area contributed by atoms with Crippen LogP contribution in [0.3, 0.4) is 0 Å². The van der Waals surface area contributed by atoms with Gasteiger partial charge in [0.05, 0.1) is 6.61 Å². The van der Waals surface area contributed by atoms with Gasteiger partial charge in [-0.2, -0.15) is 9.37 Å². The maximum Gasteiger partial charge on any atom is 0.507 e. The van der Waals surface area contributed by atoms with Gasteiger partial charge in [-0.1, -0.05) is 48.5 Å². The molecule has 8 heteroatoms. The molecule has 0 aromatic heterocycles. The van der Waals surface area contributed by atoms with Crippen LogP contribution >= 0.6 is 11.8 Å². The average Bonchev–Trinajstić information content (AvgIpc) is 3.14. The molecular formula is C30H34N3O4S+. The number of thioether (sulfide) groups is 1. The molecule has 0 bridgehead atoms. The molecule has 5 rings (SSSR count). The standard InChI is InChI=1S/C30H34N3O4S/c1-3-31(19-21-11-7-5-8-12-21)26(34)20-32-29-27(24-13-9-6-10-14-25(24)38-29)28(35)33(30(32)36)22-15-17-23(18-16-22)37-4-2/h5,7-8,11-12,15-18,27H,3-4,6,9-10,13-14,19-20H2,1-2H3/q+1. The van der Waals surface area contributed by atoms with E-state index in [-0.39, 0.29) is 18.4 Å². The third-order valence-corrected chi connectivity index (χ3v) is 8.71. The smallest absolute Gasteiger partial charge is 0.494 e. The molecule has 38 heavy (non-hydrogen) atoms. The molecule has 2 aliphatic heterocycles. The minimum Gasteiger partial charge on any atom is -0.494 e. The number of benzene rings is 2. The Morgan fingerprint density at radius 3 is 2.47 bits per heavy atom. The van der Waals surface area contributed by atoms with E-state index in [1.54, 1.807) is 45.5 Å². The number of likely N-dealkylation sites (N-methyl/N-ethyl adjacent to an activating group) is 1. The van der Waals surface area contributed by atoms with Crippen molar-refractivity contribution in [3.8, 4) is 5.75 Å². The Hall–Kier alpha value is -3.39. The Morgan fingerprint density at radius 1 is 1.03 bits per heavy atom. The molecule has 0 spiro atoms. The number of hydrogen-bond acceptors (Lipinski definition) is 5. The first-order chi connectivity index (χ1) is 18.5. The summed E-state index contributed by atoms with van der Waals surface area (Å²) in [6.45, 7) is 5.28. The third-order valence-electron chi connectivity index (χ3n) is 7.34. The van der Waals surface area contributed by atoms with E-state index >= 15 is 0 Å². The molecule has 2 aromatic rings. The normalized spacial score (nSPS) is 19.3. The van der Waals surface area contributed by atoms with Crippen molar-refractivity contribution < 1.29 is 23.7 Å². The number of carbonyl (C=O) groups excluding carboxylic acids is 3. The first-order valence-corrected chi connectivity index (χ1v) is 14.3. The van der Waals surface area contributed by atoms with Crippen LogP contribution in [-0.2, 0) is 16.1 Å². The number of hydrogen-bond donors (Lipinski definition) is 0. The molecule has 1 unspecified atom stereocenters. The number of nitrogens with zero attached hydrogens (tertiary/aromatic N) is 3. The second-order valence-electron chi connectivity index (χ2n) is 9.75. The highest BCUT2D eigenvalue weighted by molar-refractivity contribution is 8.17. The van der Waals surface area contributed by atoms with Gasteiger partial charge < -0.3 is 9.64 Å². The summed E-state index contributed by atoms with van der Waals surface area (Å²) in [6.07, 6.45) is 5.02. The summed E-state index contributed by atoms with van der Waals surface area (Å²) in [7, 11) is 0. The molecule has 1 aliphatic carbocycles. The molecule has 0 saturated carbocycles. The van der Waals surface area contributed by atoms with E-state index in [2.05, 4.69) is 0 Å². The monoisotopic (exact) mass is 532 g/mol. The van der Waals surface area contributed by atoms with Crippen LogP contribution in [0.25, 0.3) is 0 Å². The maximum atomic E-state index is 13.9. The highest BCUT2D eigenvalue weighted by Gasteiger charge is 2.54. The van der Waals surface area contributed by atoms with E-state index in [4.69, 9.17) is 4.74 Å². The van der Waals surface area contributed by atoms with Crippen molar-refractivity contribution in [3.63, 3.8) is 0 Å². The van der Waals surface area contributed by atoms with Crippen molar-refractivity contribution in [2.75, 3.05) is 24.6 Å². The lowest BCUT2D eigenvalue weighted by Gasteiger charge is -2.27. The number of fused-ring (bicyclic) bond motifs is 2. The molecule has 1 atom stereocenters. The van der Waals surface area contributed by atoms with E-state index in [1.807, 2.05) is 44.2 Å². The van der Waals surface area contributed by atoms with Gasteiger partial charge in [0.2, 0.25) is 0 Å². The number of amides is 4. The number of imide groups is 1. The number of allylic oxidation sites excluding steroid dienone is 1. The molecule has 7 nitrogen and oxygen atoms in total. The zero-order chi connectivity index (χ0) is 26.6. The lowest BCUT2D eigenvalue weighted by atomic mass is 9.93. The first kappa shape index (κ1) is 26.2. The van der Waals surface area contributed by atoms with Crippen LogP contribution in [0.1, 0.15) is 51.5 Å². The maximum absolute atomic E-state index is 13.9. The number of rotatable bonds is 8. The summed E-state index contributed by atoms with van der Waals surface area (Å²) in [5.41, 5.74) is 2.65. The fraction of sp³-hybridized carbons (Fsp3) is 0.400. The second-order valence-corrected chi connectivity index (χ2v) is 10.9. The first-order valence-electron chi connectivity index (χ1n) is 13.5. The summed E-state index contributed by atoms with van der Waals surface area (Å²) < 4.78 is 7.11. The van der Waals surface area contributed by atoms with Crippen LogP contribution < -0.4 is 9.64 Å². The van der Waals surface area contributed by atoms with Crippen molar-refractivity contribution in [2.45, 2.75) is 52.5 Å². The van der Waals surface area contributed by atoms with Crippen molar-refractivity contribution in [1.82, 2.24) is 4.90 Å². The van der Waals surface area contributed by atoms with Gasteiger partial charge in [-0.25, -0.2) is 4.79 Å². The van der Waals surface area contributed by atoms with Gasteiger partial charge in [-0.15, -0.1) is 4.90 Å². The summed E-state index contributed by atoms with van der Waals surface area (Å²) >= 11 is 1.54. The Morgan fingerprint density at radius 2 is 1.76 bits per heavy atom. The quantitative estimate of drug-likeness (QED) is 0.415. The predicted octanol–water partition coefficient (Wildman–Crippen LogP) is 5.59. The van der Waals surface area contributed by atoms with Crippen molar-refractivity contribution in [1.29, 1.82) is 0 Å². The number of ether oxygens (including phenoxy) is 1. The molecule has 0 saturated heterocycles. The summed E-state index contributed by atoms with van der Waals surface area (Å²) in [5, 5.41) is 0.693. The lowest BCUT2D eigenvalue weighted by molar-refractivity contribution is -0.416. The third kappa shape index (κ3) is 5.14. The van der Waals surface area contributed by atoms with Gasteiger partial charge in [0.15, 0.2) is 17.5 Å². The Kier molecular flexibility index (Phi) is 7.98. The molecule has 0 radical (unpaired) electrons. The van der Waals surface area contributed by atoms with Crippen LogP contribution in [0.5, 0.6) is 5.75 Å². The van der Waals surface area contributed by atoms with Crippen molar-refractivity contribution >= 4 is 40.3 Å². The minimum atomic E-state index is -0.505. The zero-order valence-corrected chi connectivity index (χ0v) is 22.8. The molecule has 3 aliphatic rings. The SMILES string of the molecule is CCOc1ccc(N2C(=O)C3C4=C(CCCCC4)SC3=[N+](CC(=O)N(CC)Cc3ccccc3)C2=O)cc1. The van der Waals surface area contributed by atoms with Crippen LogP contribution in [0, 0.1) is 5.92 Å². The largest absolute Gasteiger partial charge is 0.507 e. The van der Waals surface area contributed by atoms with Crippen LogP contribution in [0.15, 0.2) is 65.1 Å². The van der Waals surface area contributed by atoms with Gasteiger partial charge in [-0.05, 0) is 79.8 Å². The summed E-state index contributed by atoms with van der Waals surface area (Å²) in [4.78, 5) is 45.7. The predicted molar refractivity (Wildman–Crippen MR) is 149 cm³/mol. The van der Waals surface area contributed by atoms with Crippen molar-refractivity contribution in [3.05, 3.63) is 70.6 Å². The van der Waals surface area contributed by atoms with Gasteiger partial charge in [-0.3, -0.25) is 4.79 Å². The molecule has 2 heterocycles. The second kappa shape index (κ2) is 11.6.